The van der Waals surface area contributed by atoms with Crippen molar-refractivity contribution in [1.82, 2.24) is 0 Å². The van der Waals surface area contributed by atoms with Crippen molar-refractivity contribution in [2.75, 3.05) is 26.1 Å². The zero-order valence-electron chi connectivity index (χ0n) is 13.2. The number of ether oxygens (including phenoxy) is 3. The summed E-state index contributed by atoms with van der Waals surface area (Å²) in [5, 5.41) is 0. The van der Waals surface area contributed by atoms with E-state index in [-0.39, 0.29) is 0 Å². The lowest BCUT2D eigenvalue weighted by Crippen LogP contribution is -2.03. The molecule has 0 amide bonds. The molecule has 0 radical (unpaired) electrons. The van der Waals surface area contributed by atoms with E-state index in [4.69, 9.17) is 19.9 Å². The van der Waals surface area contributed by atoms with Gasteiger partial charge >= 0.3 is 0 Å². The van der Waals surface area contributed by atoms with Crippen LogP contribution in [0.5, 0.6) is 17.2 Å². The Kier molecular flexibility index (Phi) is 5.95. The molecule has 0 saturated carbocycles. The lowest BCUT2D eigenvalue weighted by Gasteiger charge is -2.09. The monoisotopic (exact) mass is 301 g/mol. The number of methoxy groups -OCH3 is 1. The van der Waals surface area contributed by atoms with E-state index in [1.165, 1.54) is 0 Å². The molecule has 4 heteroatoms. The normalized spacial score (nSPS) is 10.3. The van der Waals surface area contributed by atoms with Crippen LogP contribution in [-0.4, -0.2) is 20.3 Å². The molecule has 2 N–H and O–H groups in total. The molecular formula is C18H23NO3. The molecule has 0 spiro atoms. The summed E-state index contributed by atoms with van der Waals surface area (Å²) >= 11 is 0. The number of rotatable bonds is 8. The summed E-state index contributed by atoms with van der Waals surface area (Å²) in [6.07, 6.45) is 1.87. The van der Waals surface area contributed by atoms with E-state index in [0.717, 1.165) is 41.3 Å². The van der Waals surface area contributed by atoms with E-state index in [2.05, 4.69) is 0 Å². The van der Waals surface area contributed by atoms with Gasteiger partial charge in [-0.2, -0.15) is 0 Å². The molecule has 0 bridgehead atoms. The van der Waals surface area contributed by atoms with Crippen molar-refractivity contribution in [2.45, 2.75) is 19.8 Å². The molecule has 0 aliphatic heterocycles. The van der Waals surface area contributed by atoms with Crippen LogP contribution in [0.25, 0.3) is 0 Å². The molecule has 0 atom stereocenters. The zero-order chi connectivity index (χ0) is 15.8. The zero-order valence-corrected chi connectivity index (χ0v) is 13.2. The summed E-state index contributed by atoms with van der Waals surface area (Å²) in [5.41, 5.74) is 7.68. The van der Waals surface area contributed by atoms with Gasteiger partial charge in [-0.05, 0) is 55.7 Å². The molecule has 0 unspecified atom stereocenters. The first kappa shape index (κ1) is 16.0. The molecule has 2 aromatic rings. The Morgan fingerprint density at radius 1 is 0.818 bits per heavy atom. The van der Waals surface area contributed by atoms with Gasteiger partial charge in [0.05, 0.1) is 20.3 Å². The lowest BCUT2D eigenvalue weighted by atomic mass is 10.2. The topological polar surface area (TPSA) is 53.7 Å². The number of aryl methyl sites for hydroxylation is 1. The van der Waals surface area contributed by atoms with Gasteiger partial charge in [-0.15, -0.1) is 0 Å². The van der Waals surface area contributed by atoms with Crippen molar-refractivity contribution in [3.63, 3.8) is 0 Å². The maximum Gasteiger partial charge on any atom is 0.121 e. The second-order valence-corrected chi connectivity index (χ2v) is 5.10. The minimum absolute atomic E-state index is 0.661. The Morgan fingerprint density at radius 2 is 1.36 bits per heavy atom. The van der Waals surface area contributed by atoms with Crippen LogP contribution in [0.3, 0.4) is 0 Å². The van der Waals surface area contributed by atoms with Gasteiger partial charge < -0.3 is 19.9 Å². The maximum atomic E-state index is 5.85. The number of hydrogen-bond acceptors (Lipinski definition) is 4. The number of benzene rings is 2. The average Bonchev–Trinajstić information content (AvgIpc) is 2.54. The third-order valence-corrected chi connectivity index (χ3v) is 3.39. The summed E-state index contributed by atoms with van der Waals surface area (Å²) in [4.78, 5) is 0. The van der Waals surface area contributed by atoms with Crippen molar-refractivity contribution < 1.29 is 14.2 Å². The predicted molar refractivity (Wildman–Crippen MR) is 88.8 cm³/mol. The van der Waals surface area contributed by atoms with Crippen molar-refractivity contribution >= 4 is 5.69 Å². The van der Waals surface area contributed by atoms with Gasteiger partial charge in [0.15, 0.2) is 0 Å². The standard InChI is InChI=1S/C18H23NO3/c1-14-5-6-17(13-18(14)19)22-12-4-3-11-21-16-9-7-15(20-2)8-10-16/h5-10,13H,3-4,11-12,19H2,1-2H3. The van der Waals surface area contributed by atoms with Crippen molar-refractivity contribution in [1.29, 1.82) is 0 Å². The number of hydrogen-bond donors (Lipinski definition) is 1. The quantitative estimate of drug-likeness (QED) is 0.595. The second kappa shape index (κ2) is 8.17. The van der Waals surface area contributed by atoms with E-state index in [1.54, 1.807) is 7.11 Å². The molecule has 2 rings (SSSR count). The minimum Gasteiger partial charge on any atom is -0.497 e. The van der Waals surface area contributed by atoms with Crippen LogP contribution in [0.4, 0.5) is 5.69 Å². The van der Waals surface area contributed by atoms with Gasteiger partial charge in [0.1, 0.15) is 17.2 Å². The number of anilines is 1. The molecule has 2 aromatic carbocycles. The molecule has 22 heavy (non-hydrogen) atoms. The maximum absolute atomic E-state index is 5.85. The molecule has 0 aliphatic carbocycles. The van der Waals surface area contributed by atoms with Gasteiger partial charge in [0.2, 0.25) is 0 Å². The van der Waals surface area contributed by atoms with Gasteiger partial charge in [-0.3, -0.25) is 0 Å². The van der Waals surface area contributed by atoms with E-state index in [0.29, 0.717) is 13.2 Å². The first-order chi connectivity index (χ1) is 10.7. The Hall–Kier alpha value is -2.36. The smallest absolute Gasteiger partial charge is 0.121 e. The fourth-order valence-corrected chi connectivity index (χ4v) is 1.96. The SMILES string of the molecule is COc1ccc(OCCCCOc2ccc(C)c(N)c2)cc1. The van der Waals surface area contributed by atoms with Gasteiger partial charge in [-0.1, -0.05) is 6.07 Å². The van der Waals surface area contributed by atoms with E-state index in [9.17, 15) is 0 Å². The van der Waals surface area contributed by atoms with Gasteiger partial charge in [-0.25, -0.2) is 0 Å². The Labute approximate surface area is 131 Å². The summed E-state index contributed by atoms with van der Waals surface area (Å²) in [5.74, 6) is 2.50. The van der Waals surface area contributed by atoms with Crippen molar-refractivity contribution in [2.24, 2.45) is 0 Å². The fraction of sp³-hybridized carbons (Fsp3) is 0.333. The summed E-state index contributed by atoms with van der Waals surface area (Å²) in [6.45, 7) is 3.32. The molecule has 0 heterocycles. The van der Waals surface area contributed by atoms with Crippen LogP contribution in [-0.2, 0) is 0 Å². The Morgan fingerprint density at radius 3 is 1.95 bits per heavy atom. The Bertz CT molecular complexity index is 581. The molecule has 0 aromatic heterocycles. The lowest BCUT2D eigenvalue weighted by molar-refractivity contribution is 0.266. The number of nitrogen functional groups attached to an aromatic ring is 1. The molecule has 0 fully saturated rings. The molecule has 4 nitrogen and oxygen atoms in total. The second-order valence-electron chi connectivity index (χ2n) is 5.10. The number of unbranched alkanes of at least 4 members (excludes halogenated alkanes) is 1. The van der Waals surface area contributed by atoms with Crippen molar-refractivity contribution in [3.8, 4) is 17.2 Å². The highest BCUT2D eigenvalue weighted by Crippen LogP contribution is 2.19. The van der Waals surface area contributed by atoms with Crippen LogP contribution >= 0.6 is 0 Å². The van der Waals surface area contributed by atoms with Crippen molar-refractivity contribution in [3.05, 3.63) is 48.0 Å². The fourth-order valence-electron chi connectivity index (χ4n) is 1.96. The predicted octanol–water partition coefficient (Wildman–Crippen LogP) is 3.82. The summed E-state index contributed by atoms with van der Waals surface area (Å²) < 4.78 is 16.4. The van der Waals surface area contributed by atoms with Gasteiger partial charge in [0.25, 0.3) is 0 Å². The van der Waals surface area contributed by atoms with Crippen LogP contribution < -0.4 is 19.9 Å². The van der Waals surface area contributed by atoms with E-state index >= 15 is 0 Å². The van der Waals surface area contributed by atoms with E-state index in [1.807, 2.05) is 49.4 Å². The van der Waals surface area contributed by atoms with Crippen LogP contribution in [0.2, 0.25) is 0 Å². The highest BCUT2D eigenvalue weighted by molar-refractivity contribution is 5.50. The highest BCUT2D eigenvalue weighted by atomic mass is 16.5. The molecule has 0 saturated heterocycles. The summed E-state index contributed by atoms with van der Waals surface area (Å²) in [6, 6.07) is 13.4. The van der Waals surface area contributed by atoms with E-state index < -0.39 is 0 Å². The number of nitrogens with two attached hydrogens (primary N) is 1. The third kappa shape index (κ3) is 4.88. The third-order valence-electron chi connectivity index (χ3n) is 3.39. The highest BCUT2D eigenvalue weighted by Gasteiger charge is 1.99. The van der Waals surface area contributed by atoms with Crippen LogP contribution in [0, 0.1) is 6.92 Å². The molecular weight excluding hydrogens is 278 g/mol. The Balaban J connectivity index is 1.61. The largest absolute Gasteiger partial charge is 0.497 e. The molecule has 118 valence electrons. The molecule has 0 aliphatic rings. The first-order valence-corrected chi connectivity index (χ1v) is 7.45. The first-order valence-electron chi connectivity index (χ1n) is 7.45. The van der Waals surface area contributed by atoms with Crippen LogP contribution in [0.1, 0.15) is 18.4 Å². The van der Waals surface area contributed by atoms with Gasteiger partial charge in [0, 0.05) is 11.8 Å². The average molecular weight is 301 g/mol. The van der Waals surface area contributed by atoms with Crippen LogP contribution in [0.15, 0.2) is 42.5 Å². The minimum atomic E-state index is 0.661. The summed E-state index contributed by atoms with van der Waals surface area (Å²) in [7, 11) is 1.65.